The maximum atomic E-state index is 12.6. The third-order valence-electron chi connectivity index (χ3n) is 4.94. The number of carbonyl (C=O) groups is 3. The first-order valence-corrected chi connectivity index (χ1v) is 9.66. The molecule has 5 nitrogen and oxygen atoms in total. The average molecular weight is 378 g/mol. The highest BCUT2D eigenvalue weighted by Gasteiger charge is 2.32. The fourth-order valence-corrected chi connectivity index (χ4v) is 3.49. The van der Waals surface area contributed by atoms with Gasteiger partial charge in [-0.1, -0.05) is 56.3 Å². The third-order valence-corrected chi connectivity index (χ3v) is 4.94. The molecule has 0 aliphatic carbocycles. The predicted molar refractivity (Wildman–Crippen MR) is 108 cm³/mol. The van der Waals surface area contributed by atoms with Crippen LogP contribution in [0.5, 0.6) is 0 Å². The Kier molecular flexibility index (Phi) is 5.93. The van der Waals surface area contributed by atoms with E-state index in [1.165, 1.54) is 5.56 Å². The molecular formula is C23H26N2O3. The Balaban J connectivity index is 1.62. The average Bonchev–Trinajstić information content (AvgIpc) is 2.65. The second-order valence-electron chi connectivity index (χ2n) is 7.75. The molecule has 0 unspecified atom stereocenters. The van der Waals surface area contributed by atoms with Gasteiger partial charge in [-0.05, 0) is 42.0 Å². The Morgan fingerprint density at radius 3 is 2.39 bits per heavy atom. The summed E-state index contributed by atoms with van der Waals surface area (Å²) in [5.41, 5.74) is 3.45. The Bertz CT molecular complexity index is 887. The molecular weight excluding hydrogens is 352 g/mol. The molecule has 0 bridgehead atoms. The zero-order valence-electron chi connectivity index (χ0n) is 16.6. The van der Waals surface area contributed by atoms with Crippen molar-refractivity contribution in [3.8, 4) is 0 Å². The molecule has 1 aliphatic heterocycles. The monoisotopic (exact) mass is 378 g/mol. The quantitative estimate of drug-likeness (QED) is 0.785. The normalized spacial score (nSPS) is 14.8. The first kappa shape index (κ1) is 19.8. The van der Waals surface area contributed by atoms with E-state index in [2.05, 4.69) is 31.3 Å². The molecule has 1 N–H and O–H groups in total. The van der Waals surface area contributed by atoms with E-state index in [4.69, 9.17) is 0 Å². The van der Waals surface area contributed by atoms with Crippen molar-refractivity contribution in [2.45, 2.75) is 39.7 Å². The Morgan fingerprint density at radius 2 is 1.71 bits per heavy atom. The molecule has 3 rings (SSSR count). The van der Waals surface area contributed by atoms with Gasteiger partial charge in [-0.2, -0.15) is 0 Å². The molecule has 0 saturated carbocycles. The molecule has 1 heterocycles. The minimum Gasteiger partial charge on any atom is -0.348 e. The van der Waals surface area contributed by atoms with Crippen LogP contribution in [-0.2, 0) is 22.4 Å². The lowest BCUT2D eigenvalue weighted by molar-refractivity contribution is -0.133. The van der Waals surface area contributed by atoms with Crippen molar-refractivity contribution in [3.05, 3.63) is 70.8 Å². The zero-order valence-corrected chi connectivity index (χ0v) is 16.6. The molecule has 2 aromatic carbocycles. The van der Waals surface area contributed by atoms with Crippen molar-refractivity contribution < 1.29 is 14.4 Å². The molecule has 0 spiro atoms. The molecule has 0 saturated heterocycles. The van der Waals surface area contributed by atoms with Gasteiger partial charge in [0.15, 0.2) is 0 Å². The van der Waals surface area contributed by atoms with Crippen LogP contribution in [0.2, 0.25) is 0 Å². The van der Waals surface area contributed by atoms with Gasteiger partial charge in [-0.25, -0.2) is 0 Å². The first-order chi connectivity index (χ1) is 13.3. The van der Waals surface area contributed by atoms with Crippen LogP contribution in [-0.4, -0.2) is 29.2 Å². The van der Waals surface area contributed by atoms with Crippen molar-refractivity contribution >= 4 is 17.7 Å². The Morgan fingerprint density at radius 1 is 1.04 bits per heavy atom. The summed E-state index contributed by atoms with van der Waals surface area (Å²) in [7, 11) is 0. The van der Waals surface area contributed by atoms with Crippen molar-refractivity contribution in [2.75, 3.05) is 6.54 Å². The summed E-state index contributed by atoms with van der Waals surface area (Å²) < 4.78 is 0. The molecule has 0 aromatic heterocycles. The van der Waals surface area contributed by atoms with Crippen molar-refractivity contribution in [2.24, 2.45) is 5.92 Å². The summed E-state index contributed by atoms with van der Waals surface area (Å²) in [5.74, 6) is -0.509. The number of imide groups is 1. The number of hydrogen-bond acceptors (Lipinski definition) is 3. The fourth-order valence-electron chi connectivity index (χ4n) is 3.49. The summed E-state index contributed by atoms with van der Waals surface area (Å²) in [4.78, 5) is 38.4. The first-order valence-electron chi connectivity index (χ1n) is 9.66. The van der Waals surface area contributed by atoms with E-state index in [0.29, 0.717) is 17.0 Å². The second kappa shape index (κ2) is 8.38. The van der Waals surface area contributed by atoms with E-state index < -0.39 is 5.91 Å². The zero-order chi connectivity index (χ0) is 20.3. The largest absolute Gasteiger partial charge is 0.348 e. The SMILES string of the molecule is CC(C)Cc1ccc([C@H](C)NC(=O)CN2C(=O)Cc3ccccc3C2=O)cc1. The number of hydrogen-bond donors (Lipinski definition) is 1. The van der Waals surface area contributed by atoms with E-state index in [1.54, 1.807) is 24.3 Å². The number of rotatable bonds is 6. The van der Waals surface area contributed by atoms with Gasteiger partial charge in [0, 0.05) is 5.56 Å². The smallest absolute Gasteiger partial charge is 0.261 e. The molecule has 28 heavy (non-hydrogen) atoms. The number of fused-ring (bicyclic) bond motifs is 1. The number of nitrogens with one attached hydrogen (secondary N) is 1. The van der Waals surface area contributed by atoms with Crippen molar-refractivity contribution in [3.63, 3.8) is 0 Å². The molecule has 2 aromatic rings. The molecule has 1 atom stereocenters. The highest BCUT2D eigenvalue weighted by Crippen LogP contribution is 2.20. The van der Waals surface area contributed by atoms with Crippen molar-refractivity contribution in [1.29, 1.82) is 0 Å². The number of nitrogens with zero attached hydrogens (tertiary/aromatic N) is 1. The standard InChI is InChI=1S/C23H26N2O3/c1-15(2)12-17-8-10-18(11-9-17)16(3)24-21(26)14-25-22(27)13-19-6-4-5-7-20(19)23(25)28/h4-11,15-16H,12-14H2,1-3H3,(H,24,26)/t16-/m0/s1. The fraction of sp³-hybridized carbons (Fsp3) is 0.348. The number of benzene rings is 2. The molecule has 146 valence electrons. The van der Waals surface area contributed by atoms with Gasteiger partial charge in [0.1, 0.15) is 6.54 Å². The van der Waals surface area contributed by atoms with Crippen LogP contribution in [0.4, 0.5) is 0 Å². The second-order valence-corrected chi connectivity index (χ2v) is 7.75. The molecule has 0 fully saturated rings. The maximum Gasteiger partial charge on any atom is 0.261 e. The number of carbonyl (C=O) groups excluding carboxylic acids is 3. The third kappa shape index (κ3) is 4.47. The van der Waals surface area contributed by atoms with E-state index >= 15 is 0 Å². The van der Waals surface area contributed by atoms with Gasteiger partial charge in [0.05, 0.1) is 12.5 Å². The lowest BCUT2D eigenvalue weighted by Gasteiger charge is -2.27. The minimum atomic E-state index is -0.410. The minimum absolute atomic E-state index is 0.141. The van der Waals surface area contributed by atoms with E-state index in [0.717, 1.165) is 16.9 Å². The molecule has 5 heteroatoms. The number of amides is 3. The van der Waals surface area contributed by atoms with Gasteiger partial charge >= 0.3 is 0 Å². The van der Waals surface area contributed by atoms with Crippen LogP contribution in [0, 0.1) is 5.92 Å². The van der Waals surface area contributed by atoms with E-state index in [9.17, 15) is 14.4 Å². The van der Waals surface area contributed by atoms with Crippen LogP contribution in [0.3, 0.4) is 0 Å². The van der Waals surface area contributed by atoms with Crippen LogP contribution in [0.25, 0.3) is 0 Å². The van der Waals surface area contributed by atoms with E-state index in [1.807, 2.05) is 19.1 Å². The highest BCUT2D eigenvalue weighted by molar-refractivity contribution is 6.11. The Labute approximate surface area is 165 Å². The summed E-state index contributed by atoms with van der Waals surface area (Å²) in [6.45, 7) is 5.99. The molecule has 3 amide bonds. The predicted octanol–water partition coefficient (Wildman–Crippen LogP) is 3.29. The van der Waals surface area contributed by atoms with Crippen LogP contribution >= 0.6 is 0 Å². The highest BCUT2D eigenvalue weighted by atomic mass is 16.2. The molecule has 0 radical (unpaired) electrons. The maximum absolute atomic E-state index is 12.6. The lowest BCUT2D eigenvalue weighted by Crippen LogP contribution is -2.47. The molecule has 1 aliphatic rings. The van der Waals surface area contributed by atoms with E-state index in [-0.39, 0.29) is 30.8 Å². The van der Waals surface area contributed by atoms with Crippen LogP contribution < -0.4 is 5.32 Å². The summed E-state index contributed by atoms with van der Waals surface area (Å²) in [6.07, 6.45) is 1.16. The lowest BCUT2D eigenvalue weighted by atomic mass is 9.98. The van der Waals surface area contributed by atoms with Crippen molar-refractivity contribution in [1.82, 2.24) is 10.2 Å². The van der Waals surface area contributed by atoms with Gasteiger partial charge in [-0.3, -0.25) is 19.3 Å². The van der Waals surface area contributed by atoms with Gasteiger partial charge in [0.25, 0.3) is 5.91 Å². The Hall–Kier alpha value is -2.95. The van der Waals surface area contributed by atoms with Crippen LogP contribution in [0.1, 0.15) is 53.9 Å². The summed E-state index contributed by atoms with van der Waals surface area (Å²) in [5, 5.41) is 2.88. The topological polar surface area (TPSA) is 66.5 Å². The van der Waals surface area contributed by atoms with Gasteiger partial charge < -0.3 is 5.32 Å². The summed E-state index contributed by atoms with van der Waals surface area (Å²) >= 11 is 0. The van der Waals surface area contributed by atoms with Gasteiger partial charge in [-0.15, -0.1) is 0 Å². The summed E-state index contributed by atoms with van der Waals surface area (Å²) in [6, 6.07) is 15.0. The van der Waals surface area contributed by atoms with Gasteiger partial charge in [0.2, 0.25) is 11.8 Å². The van der Waals surface area contributed by atoms with Crippen LogP contribution in [0.15, 0.2) is 48.5 Å².